The fourth-order valence-electron chi connectivity index (χ4n) is 3.57. The second-order valence-electron chi connectivity index (χ2n) is 8.18. The van der Waals surface area contributed by atoms with Crippen molar-refractivity contribution in [1.82, 2.24) is 10.2 Å². The molecule has 1 aliphatic rings. The maximum Gasteiger partial charge on any atom is 0.244 e. The molecule has 3 rings (SSSR count). The molecule has 0 saturated carbocycles. The topological polar surface area (TPSA) is 105 Å². The first-order valence-electron chi connectivity index (χ1n) is 11.5. The number of amides is 2. The Balaban J connectivity index is 1.94. The molecule has 196 valence electrons. The summed E-state index contributed by atoms with van der Waals surface area (Å²) in [6, 6.07) is 8.70. The third kappa shape index (κ3) is 6.54. The molecule has 0 radical (unpaired) electrons. The number of fused-ring (bicyclic) bond motifs is 1. The molecule has 1 N–H and O–H groups in total. The Hall–Kier alpha value is -2.69. The van der Waals surface area contributed by atoms with Gasteiger partial charge in [0.2, 0.25) is 28.6 Å². The number of carbonyl (C=O) groups excluding carboxylic acids is 2. The standard InChI is InChI=1S/C24H29Cl2N3O6S/c1-4-10-27-24(31)16(3)28(13-17-6-8-19(25)20(26)11-17)23(30)14-29(36(32,33)5-2)18-7-9-21-22(12-18)35-15-34-21/h6-9,11-12,16H,4-5,10,13-15H2,1-3H3,(H,27,31)/t16-/m0/s1. The van der Waals surface area contributed by atoms with Crippen molar-refractivity contribution < 1.29 is 27.5 Å². The summed E-state index contributed by atoms with van der Waals surface area (Å²) in [5.74, 6) is -0.264. The minimum atomic E-state index is -3.85. The Morgan fingerprint density at radius 3 is 2.44 bits per heavy atom. The largest absolute Gasteiger partial charge is 0.454 e. The number of nitrogens with zero attached hydrogens (tertiary/aromatic N) is 2. The average Bonchev–Trinajstić information content (AvgIpc) is 3.33. The molecular formula is C24H29Cl2N3O6S. The van der Waals surface area contributed by atoms with Crippen LogP contribution in [0.15, 0.2) is 36.4 Å². The molecule has 36 heavy (non-hydrogen) atoms. The van der Waals surface area contributed by atoms with E-state index in [4.69, 9.17) is 32.7 Å². The first kappa shape index (κ1) is 27.9. The number of rotatable bonds is 11. The molecule has 2 amide bonds. The van der Waals surface area contributed by atoms with E-state index in [0.717, 1.165) is 10.7 Å². The summed E-state index contributed by atoms with van der Waals surface area (Å²) in [5.41, 5.74) is 0.896. The van der Waals surface area contributed by atoms with Gasteiger partial charge in [0.15, 0.2) is 11.5 Å². The van der Waals surface area contributed by atoms with Gasteiger partial charge >= 0.3 is 0 Å². The van der Waals surface area contributed by atoms with Crippen LogP contribution in [0.1, 0.15) is 32.8 Å². The normalized spacial score (nSPS) is 13.2. The van der Waals surface area contributed by atoms with Crippen LogP contribution in [0, 0.1) is 0 Å². The van der Waals surface area contributed by atoms with E-state index in [-0.39, 0.29) is 30.7 Å². The van der Waals surface area contributed by atoms with E-state index in [1.54, 1.807) is 37.3 Å². The molecule has 2 aromatic rings. The van der Waals surface area contributed by atoms with Gasteiger partial charge in [-0.15, -0.1) is 0 Å². The summed E-state index contributed by atoms with van der Waals surface area (Å²) in [6.07, 6.45) is 0.728. The molecule has 9 nitrogen and oxygen atoms in total. The highest BCUT2D eigenvalue weighted by Gasteiger charge is 2.31. The summed E-state index contributed by atoms with van der Waals surface area (Å²) < 4.78 is 37.7. The van der Waals surface area contributed by atoms with Gasteiger partial charge < -0.3 is 19.7 Å². The maximum absolute atomic E-state index is 13.6. The summed E-state index contributed by atoms with van der Waals surface area (Å²) in [6.45, 7) is 5.00. The molecule has 0 aliphatic carbocycles. The van der Waals surface area contributed by atoms with E-state index in [1.807, 2.05) is 6.92 Å². The number of hydrogen-bond donors (Lipinski definition) is 1. The molecule has 2 aromatic carbocycles. The van der Waals surface area contributed by atoms with E-state index in [1.165, 1.54) is 17.9 Å². The molecule has 12 heteroatoms. The summed E-state index contributed by atoms with van der Waals surface area (Å²) >= 11 is 12.2. The smallest absolute Gasteiger partial charge is 0.244 e. The fraction of sp³-hybridized carbons (Fsp3) is 0.417. The van der Waals surface area contributed by atoms with Crippen molar-refractivity contribution >= 4 is 50.7 Å². The molecule has 0 unspecified atom stereocenters. The van der Waals surface area contributed by atoms with Gasteiger partial charge in [0.1, 0.15) is 12.6 Å². The number of hydrogen-bond acceptors (Lipinski definition) is 6. The molecule has 0 aromatic heterocycles. The first-order chi connectivity index (χ1) is 17.1. The Labute approximate surface area is 221 Å². The highest BCUT2D eigenvalue weighted by Crippen LogP contribution is 2.36. The van der Waals surface area contributed by atoms with Crippen LogP contribution >= 0.6 is 23.2 Å². The van der Waals surface area contributed by atoms with Crippen molar-refractivity contribution in [2.75, 3.05) is 29.9 Å². The third-order valence-corrected chi connectivity index (χ3v) is 8.16. The van der Waals surface area contributed by atoms with E-state index in [9.17, 15) is 18.0 Å². The zero-order chi connectivity index (χ0) is 26.5. The average molecular weight is 558 g/mol. The third-order valence-electron chi connectivity index (χ3n) is 5.68. The lowest BCUT2D eigenvalue weighted by molar-refractivity contribution is -0.139. The fourth-order valence-corrected chi connectivity index (χ4v) is 4.95. The van der Waals surface area contributed by atoms with Crippen molar-refractivity contribution in [3.8, 4) is 11.5 Å². The summed E-state index contributed by atoms with van der Waals surface area (Å²) in [4.78, 5) is 27.7. The van der Waals surface area contributed by atoms with E-state index < -0.39 is 28.5 Å². The van der Waals surface area contributed by atoms with Gasteiger partial charge in [-0.3, -0.25) is 13.9 Å². The number of halogens is 2. The van der Waals surface area contributed by atoms with Crippen LogP contribution in [-0.4, -0.2) is 56.8 Å². The molecule has 1 heterocycles. The molecule has 0 spiro atoms. The zero-order valence-electron chi connectivity index (χ0n) is 20.3. The highest BCUT2D eigenvalue weighted by atomic mass is 35.5. The summed E-state index contributed by atoms with van der Waals surface area (Å²) in [5, 5.41) is 3.45. The lowest BCUT2D eigenvalue weighted by atomic mass is 10.1. The molecular weight excluding hydrogens is 529 g/mol. The van der Waals surface area contributed by atoms with Crippen molar-refractivity contribution in [3.63, 3.8) is 0 Å². The van der Waals surface area contributed by atoms with Crippen LogP contribution in [0.4, 0.5) is 5.69 Å². The van der Waals surface area contributed by atoms with Crippen molar-refractivity contribution in [2.24, 2.45) is 0 Å². The van der Waals surface area contributed by atoms with Crippen LogP contribution in [0.2, 0.25) is 10.0 Å². The van der Waals surface area contributed by atoms with Gasteiger partial charge in [0.25, 0.3) is 0 Å². The molecule has 1 aliphatic heterocycles. The van der Waals surface area contributed by atoms with E-state index >= 15 is 0 Å². The predicted octanol–water partition coefficient (Wildman–Crippen LogP) is 3.82. The van der Waals surface area contributed by atoms with Crippen molar-refractivity contribution in [3.05, 3.63) is 52.0 Å². The van der Waals surface area contributed by atoms with Crippen LogP contribution < -0.4 is 19.1 Å². The number of nitrogens with one attached hydrogen (secondary N) is 1. The molecule has 0 fully saturated rings. The molecule has 0 bridgehead atoms. The van der Waals surface area contributed by atoms with E-state index in [2.05, 4.69) is 5.32 Å². The number of ether oxygens (including phenoxy) is 2. The van der Waals surface area contributed by atoms with Crippen LogP contribution in [-0.2, 0) is 26.2 Å². The Bertz CT molecular complexity index is 1220. The Morgan fingerprint density at radius 2 is 1.78 bits per heavy atom. The Morgan fingerprint density at radius 1 is 1.06 bits per heavy atom. The maximum atomic E-state index is 13.6. The summed E-state index contributed by atoms with van der Waals surface area (Å²) in [7, 11) is -3.85. The predicted molar refractivity (Wildman–Crippen MR) is 139 cm³/mol. The second kappa shape index (κ2) is 12.0. The van der Waals surface area contributed by atoms with Gasteiger partial charge in [0.05, 0.1) is 21.5 Å². The number of sulfonamides is 1. The minimum Gasteiger partial charge on any atom is -0.454 e. The van der Waals surface area contributed by atoms with Gasteiger partial charge in [0, 0.05) is 19.2 Å². The van der Waals surface area contributed by atoms with Gasteiger partial charge in [-0.2, -0.15) is 0 Å². The molecule has 0 saturated heterocycles. The van der Waals surface area contributed by atoms with Crippen LogP contribution in [0.5, 0.6) is 11.5 Å². The number of anilines is 1. The van der Waals surface area contributed by atoms with Crippen LogP contribution in [0.3, 0.4) is 0 Å². The van der Waals surface area contributed by atoms with Crippen LogP contribution in [0.25, 0.3) is 0 Å². The Kier molecular flexibility index (Phi) is 9.32. The number of benzene rings is 2. The van der Waals surface area contributed by atoms with Crippen molar-refractivity contribution in [1.29, 1.82) is 0 Å². The van der Waals surface area contributed by atoms with E-state index in [0.29, 0.717) is 33.7 Å². The van der Waals surface area contributed by atoms with Gasteiger partial charge in [-0.05, 0) is 50.1 Å². The lowest BCUT2D eigenvalue weighted by Gasteiger charge is -2.32. The second-order valence-corrected chi connectivity index (χ2v) is 11.2. The quantitative estimate of drug-likeness (QED) is 0.450. The highest BCUT2D eigenvalue weighted by molar-refractivity contribution is 7.92. The zero-order valence-corrected chi connectivity index (χ0v) is 22.6. The minimum absolute atomic E-state index is 0.0254. The van der Waals surface area contributed by atoms with Gasteiger partial charge in [-0.1, -0.05) is 36.2 Å². The first-order valence-corrected chi connectivity index (χ1v) is 13.8. The monoisotopic (exact) mass is 557 g/mol. The molecule has 1 atom stereocenters. The number of carbonyl (C=O) groups is 2. The lowest BCUT2D eigenvalue weighted by Crippen LogP contribution is -2.51. The van der Waals surface area contributed by atoms with Crippen molar-refractivity contribution in [2.45, 2.75) is 39.8 Å². The SMILES string of the molecule is CCCNC(=O)[C@H](C)N(Cc1ccc(Cl)c(Cl)c1)C(=O)CN(c1ccc2c(c1)OCO2)S(=O)(=O)CC. The van der Waals surface area contributed by atoms with Gasteiger partial charge in [-0.25, -0.2) is 8.42 Å².